The normalized spacial score (nSPS) is 12.6. The van der Waals surface area contributed by atoms with Crippen molar-refractivity contribution in [1.29, 1.82) is 0 Å². The summed E-state index contributed by atoms with van der Waals surface area (Å²) in [6, 6.07) is 0. The van der Waals surface area contributed by atoms with Gasteiger partial charge in [0.2, 0.25) is 11.2 Å². The Hall–Kier alpha value is -1.10. The molecule has 1 unspecified atom stereocenters. The van der Waals surface area contributed by atoms with Crippen LogP contribution in [0.3, 0.4) is 0 Å². The van der Waals surface area contributed by atoms with Crippen LogP contribution < -0.4 is 0 Å². The Morgan fingerprint density at radius 1 is 1.43 bits per heavy atom. The van der Waals surface area contributed by atoms with Gasteiger partial charge in [0.1, 0.15) is 11.1 Å². The molecule has 76 valence electrons. The Kier molecular flexibility index (Phi) is 3.88. The zero-order valence-corrected chi connectivity index (χ0v) is 9.04. The van der Waals surface area contributed by atoms with Crippen molar-refractivity contribution in [3.05, 3.63) is 5.01 Å². The molecule has 1 atom stereocenters. The average Bonchev–Trinajstić information content (AvgIpc) is 2.52. The summed E-state index contributed by atoms with van der Waals surface area (Å²) in [6.45, 7) is 5.78. The van der Waals surface area contributed by atoms with Crippen molar-refractivity contribution in [2.75, 3.05) is 0 Å². The molecule has 0 saturated carbocycles. The molecule has 5 nitrogen and oxygen atoms in total. The molecule has 14 heavy (non-hydrogen) atoms. The summed E-state index contributed by atoms with van der Waals surface area (Å²) < 4.78 is 5.50. The number of hydrogen-bond acceptors (Lipinski definition) is 6. The number of rotatable bonds is 4. The van der Waals surface area contributed by atoms with Gasteiger partial charge in [-0.05, 0) is 20.8 Å². The van der Waals surface area contributed by atoms with E-state index in [0.717, 1.165) is 0 Å². The molecule has 0 bridgehead atoms. The van der Waals surface area contributed by atoms with Gasteiger partial charge in [0, 0.05) is 0 Å². The quantitative estimate of drug-likeness (QED) is 0.566. The summed E-state index contributed by atoms with van der Waals surface area (Å²) in [5.41, 5.74) is 0. The first-order valence-electron chi connectivity index (χ1n) is 4.20. The maximum absolute atomic E-state index is 9.95. The lowest BCUT2D eigenvalue weighted by Crippen LogP contribution is -2.07. The van der Waals surface area contributed by atoms with Gasteiger partial charge in [-0.15, -0.1) is 15.2 Å². The molecule has 0 saturated heterocycles. The molecule has 0 fully saturated rings. The molecule has 1 rings (SSSR count). The third-order valence-electron chi connectivity index (χ3n) is 1.40. The maximum Gasteiger partial charge on any atom is 0.242 e. The van der Waals surface area contributed by atoms with E-state index in [1.54, 1.807) is 0 Å². The van der Waals surface area contributed by atoms with Gasteiger partial charge in [0.05, 0.1) is 6.10 Å². The minimum absolute atomic E-state index is 0.122. The van der Waals surface area contributed by atoms with E-state index in [4.69, 9.17) is 4.74 Å². The Morgan fingerprint density at radius 3 is 2.71 bits per heavy atom. The van der Waals surface area contributed by atoms with E-state index >= 15 is 0 Å². The van der Waals surface area contributed by atoms with Crippen molar-refractivity contribution in [2.45, 2.75) is 33.0 Å². The van der Waals surface area contributed by atoms with Crippen molar-refractivity contribution in [1.82, 2.24) is 10.2 Å². The number of aromatic nitrogens is 2. The van der Waals surface area contributed by atoms with Crippen LogP contribution >= 0.6 is 11.3 Å². The number of isocyanates is 1. The Morgan fingerprint density at radius 2 is 2.14 bits per heavy atom. The molecule has 0 N–H and O–H groups in total. The van der Waals surface area contributed by atoms with E-state index in [-0.39, 0.29) is 12.2 Å². The van der Waals surface area contributed by atoms with Gasteiger partial charge < -0.3 is 4.74 Å². The van der Waals surface area contributed by atoms with Crippen molar-refractivity contribution in [3.8, 4) is 0 Å². The summed E-state index contributed by atoms with van der Waals surface area (Å²) >= 11 is 1.23. The minimum atomic E-state index is -0.122. The average molecular weight is 213 g/mol. The standard InChI is InChI=1S/C8H11N3O2S/c1-5(2)13-6(3)7-10-11-8(14-7)9-4-12/h5-6H,1-3H3. The largest absolute Gasteiger partial charge is 0.369 e. The summed E-state index contributed by atoms with van der Waals surface area (Å²) in [7, 11) is 0. The first kappa shape index (κ1) is 11.0. The Labute approximate surface area is 85.8 Å². The molecular weight excluding hydrogens is 202 g/mol. The van der Waals surface area contributed by atoms with Gasteiger partial charge >= 0.3 is 0 Å². The lowest BCUT2D eigenvalue weighted by atomic mass is 10.4. The molecular formula is C8H11N3O2S. The smallest absolute Gasteiger partial charge is 0.242 e. The van der Waals surface area contributed by atoms with Crippen LogP contribution in [0.1, 0.15) is 31.9 Å². The highest BCUT2D eigenvalue weighted by Gasteiger charge is 2.13. The van der Waals surface area contributed by atoms with Crippen LogP contribution in [0.4, 0.5) is 5.13 Å². The third-order valence-corrected chi connectivity index (χ3v) is 2.37. The monoisotopic (exact) mass is 213 g/mol. The molecule has 0 radical (unpaired) electrons. The molecule has 1 aromatic rings. The fourth-order valence-electron chi connectivity index (χ4n) is 0.941. The maximum atomic E-state index is 9.95. The second-order valence-corrected chi connectivity index (χ2v) is 3.94. The van der Waals surface area contributed by atoms with Gasteiger partial charge in [-0.2, -0.15) is 0 Å². The van der Waals surface area contributed by atoms with Gasteiger partial charge in [0.15, 0.2) is 0 Å². The second kappa shape index (κ2) is 4.95. The van der Waals surface area contributed by atoms with Crippen LogP contribution in [0.5, 0.6) is 0 Å². The molecule has 0 spiro atoms. The van der Waals surface area contributed by atoms with Crippen LogP contribution in [-0.4, -0.2) is 22.4 Å². The summed E-state index contributed by atoms with van der Waals surface area (Å²) in [5.74, 6) is 0. The SMILES string of the molecule is CC(C)OC(C)c1nnc(N=C=O)s1. The van der Waals surface area contributed by atoms with Gasteiger partial charge in [0.25, 0.3) is 0 Å². The van der Waals surface area contributed by atoms with Crippen LogP contribution in [0, 0.1) is 0 Å². The predicted molar refractivity (Wildman–Crippen MR) is 52.3 cm³/mol. The first-order valence-corrected chi connectivity index (χ1v) is 5.02. The molecule has 0 aliphatic heterocycles. The summed E-state index contributed by atoms with van der Waals surface area (Å²) in [4.78, 5) is 13.3. The van der Waals surface area contributed by atoms with Crippen molar-refractivity contribution >= 4 is 22.5 Å². The molecule has 0 aliphatic rings. The molecule has 1 heterocycles. The van der Waals surface area contributed by atoms with Gasteiger partial charge in [-0.1, -0.05) is 11.3 Å². The first-order chi connectivity index (χ1) is 6.63. The molecule has 0 aromatic carbocycles. The molecule has 0 amide bonds. The van der Waals surface area contributed by atoms with Crippen molar-refractivity contribution < 1.29 is 9.53 Å². The fourth-order valence-corrected chi connectivity index (χ4v) is 1.60. The van der Waals surface area contributed by atoms with Gasteiger partial charge in [-0.25, -0.2) is 4.79 Å². The zero-order chi connectivity index (χ0) is 10.6. The highest BCUT2D eigenvalue weighted by Crippen LogP contribution is 2.26. The molecule has 0 aliphatic carbocycles. The van der Waals surface area contributed by atoms with Crippen LogP contribution in [0.25, 0.3) is 0 Å². The van der Waals surface area contributed by atoms with Crippen molar-refractivity contribution in [2.24, 2.45) is 4.99 Å². The number of hydrogen-bond donors (Lipinski definition) is 0. The van der Waals surface area contributed by atoms with E-state index in [1.807, 2.05) is 20.8 Å². The van der Waals surface area contributed by atoms with Crippen LogP contribution in [0.15, 0.2) is 4.99 Å². The Balaban J connectivity index is 2.70. The van der Waals surface area contributed by atoms with E-state index in [0.29, 0.717) is 10.1 Å². The summed E-state index contributed by atoms with van der Waals surface area (Å²) in [6.07, 6.45) is 1.43. The van der Waals surface area contributed by atoms with E-state index < -0.39 is 0 Å². The fraction of sp³-hybridized carbons (Fsp3) is 0.625. The number of ether oxygens (including phenoxy) is 1. The van der Waals surface area contributed by atoms with Gasteiger partial charge in [-0.3, -0.25) is 0 Å². The Bertz CT molecular complexity index is 344. The third kappa shape index (κ3) is 2.99. The lowest BCUT2D eigenvalue weighted by Gasteiger charge is -2.12. The predicted octanol–water partition coefficient (Wildman–Crippen LogP) is 1.99. The highest BCUT2D eigenvalue weighted by atomic mass is 32.1. The van der Waals surface area contributed by atoms with Crippen LogP contribution in [-0.2, 0) is 9.53 Å². The van der Waals surface area contributed by atoms with Crippen molar-refractivity contribution in [3.63, 3.8) is 0 Å². The second-order valence-electron chi connectivity index (χ2n) is 2.95. The number of aliphatic imine (C=N–C) groups is 1. The number of carbonyl (C=O) groups excluding carboxylic acids is 1. The van der Waals surface area contributed by atoms with E-state index in [1.165, 1.54) is 17.4 Å². The minimum Gasteiger partial charge on any atom is -0.369 e. The van der Waals surface area contributed by atoms with E-state index in [2.05, 4.69) is 15.2 Å². The number of nitrogens with zero attached hydrogens (tertiary/aromatic N) is 3. The van der Waals surface area contributed by atoms with E-state index in [9.17, 15) is 4.79 Å². The zero-order valence-electron chi connectivity index (χ0n) is 8.22. The summed E-state index contributed by atoms with van der Waals surface area (Å²) in [5, 5.41) is 8.58. The van der Waals surface area contributed by atoms with Crippen LogP contribution in [0.2, 0.25) is 0 Å². The molecule has 1 aromatic heterocycles. The lowest BCUT2D eigenvalue weighted by molar-refractivity contribution is 0.0174. The highest BCUT2D eigenvalue weighted by molar-refractivity contribution is 7.15. The topological polar surface area (TPSA) is 64.4 Å². The molecule has 6 heteroatoms.